The lowest BCUT2D eigenvalue weighted by Gasteiger charge is -2.18. The first-order valence-corrected chi connectivity index (χ1v) is 11.8. The van der Waals surface area contributed by atoms with E-state index in [9.17, 15) is 0 Å². The fraction of sp³-hybridized carbons (Fsp3) is 0. The molecule has 0 radical (unpaired) electrons. The van der Waals surface area contributed by atoms with Gasteiger partial charge in [0.2, 0.25) is 0 Å². The van der Waals surface area contributed by atoms with Gasteiger partial charge in [-0.3, -0.25) is 0 Å². The van der Waals surface area contributed by atoms with E-state index in [2.05, 4.69) is 140 Å². The van der Waals surface area contributed by atoms with Crippen LogP contribution in [0.1, 0.15) is 0 Å². The smallest absolute Gasteiger partial charge is 0.0134 e. The molecule has 0 saturated carbocycles. The van der Waals surface area contributed by atoms with Gasteiger partial charge in [0, 0.05) is 0 Å². The monoisotopic (exact) mass is 434 g/mol. The van der Waals surface area contributed by atoms with Crippen LogP contribution < -0.4 is 15.9 Å². The second-order valence-electron chi connectivity index (χ2n) is 7.07. The molecule has 0 fully saturated rings. The number of hydrogen-bond donors (Lipinski definition) is 0. The summed E-state index contributed by atoms with van der Waals surface area (Å²) in [4.78, 5) is 0. The van der Waals surface area contributed by atoms with Crippen LogP contribution >= 0.6 is 7.92 Å². The molecule has 5 rings (SSSR count). The Hall–Kier alpha value is -3.51. The average molecular weight is 435 g/mol. The second-order valence-corrected chi connectivity index (χ2v) is 9.29. The molecule has 1 nitrogen and oxygen atoms in total. The van der Waals surface area contributed by atoms with E-state index in [1.165, 1.54) is 27.0 Å². The summed E-state index contributed by atoms with van der Waals surface area (Å²) in [5.41, 5.74) is 2.55. The maximum atomic E-state index is 2.23. The summed E-state index contributed by atoms with van der Waals surface area (Å²) < 4.78 is 0. The predicted octanol–water partition coefficient (Wildman–Crippen LogP) is 5.97. The molecule has 0 aromatic heterocycles. The minimum absolute atomic E-state index is 0. The van der Waals surface area contributed by atoms with Gasteiger partial charge in [-0.2, -0.15) is 0 Å². The normalized spacial score (nSPS) is 9.91. The van der Waals surface area contributed by atoms with E-state index in [0.717, 1.165) is 0 Å². The van der Waals surface area contributed by atoms with Crippen LogP contribution in [-0.4, -0.2) is 5.48 Å². The van der Waals surface area contributed by atoms with Gasteiger partial charge >= 0.3 is 0 Å². The van der Waals surface area contributed by atoms with Gasteiger partial charge < -0.3 is 5.48 Å². The van der Waals surface area contributed by atoms with Crippen LogP contribution in [0.2, 0.25) is 0 Å². The van der Waals surface area contributed by atoms with Crippen LogP contribution in [0.5, 0.6) is 0 Å². The zero-order chi connectivity index (χ0) is 21.1. The van der Waals surface area contributed by atoms with Crippen LogP contribution in [-0.2, 0) is 0 Å². The van der Waals surface area contributed by atoms with Gasteiger partial charge in [-0.15, -0.1) is 0 Å². The molecule has 0 amide bonds. The van der Waals surface area contributed by atoms with E-state index in [-0.39, 0.29) is 5.48 Å². The van der Waals surface area contributed by atoms with Crippen LogP contribution in [0.15, 0.2) is 152 Å². The van der Waals surface area contributed by atoms with Gasteiger partial charge in [0.25, 0.3) is 0 Å². The van der Waals surface area contributed by atoms with E-state index in [0.29, 0.717) is 0 Å². The van der Waals surface area contributed by atoms with Gasteiger partial charge in [0.05, 0.1) is 0 Å². The molecule has 0 heterocycles. The summed E-state index contributed by atoms with van der Waals surface area (Å²) in [6.07, 6.45) is 0. The molecule has 158 valence electrons. The summed E-state index contributed by atoms with van der Waals surface area (Å²) in [5.74, 6) is 0. The van der Waals surface area contributed by atoms with Crippen LogP contribution in [0.3, 0.4) is 0 Å². The second kappa shape index (κ2) is 12.4. The molecule has 0 atom stereocenters. The average Bonchev–Trinajstić information content (AvgIpc) is 2.88. The highest BCUT2D eigenvalue weighted by Gasteiger charge is 2.14. The highest BCUT2D eigenvalue weighted by atomic mass is 31.1. The van der Waals surface area contributed by atoms with Gasteiger partial charge in [-0.05, 0) is 35.0 Å². The first kappa shape index (κ1) is 23.2. The molecule has 5 aromatic carbocycles. The van der Waals surface area contributed by atoms with Crippen molar-refractivity contribution >= 4 is 23.8 Å². The van der Waals surface area contributed by atoms with Gasteiger partial charge in [-0.1, -0.05) is 152 Å². The standard InChI is InChI=1S/C18H15P.C12H10.H2O/c1-4-10-16(11-5-1)19(17-12-6-2-7-13-17)18-14-8-3-9-15-18;1-3-7-11(8-4-1)12-9-5-2-6-10-12;/h1-15H;1-10H;1H2. The van der Waals surface area contributed by atoms with Crippen LogP contribution in [0.25, 0.3) is 11.1 Å². The number of rotatable bonds is 4. The molecule has 0 unspecified atom stereocenters. The van der Waals surface area contributed by atoms with Crippen molar-refractivity contribution in [2.24, 2.45) is 0 Å². The zero-order valence-electron chi connectivity index (χ0n) is 17.9. The Balaban J connectivity index is 0.000000193. The molecule has 0 aliphatic heterocycles. The highest BCUT2D eigenvalue weighted by molar-refractivity contribution is 7.79. The fourth-order valence-corrected chi connectivity index (χ4v) is 5.74. The zero-order valence-corrected chi connectivity index (χ0v) is 18.8. The third-order valence-corrected chi connectivity index (χ3v) is 7.37. The Morgan fingerprint density at radius 3 is 0.750 bits per heavy atom. The van der Waals surface area contributed by atoms with E-state index in [4.69, 9.17) is 0 Å². The van der Waals surface area contributed by atoms with Crippen molar-refractivity contribution in [2.45, 2.75) is 0 Å². The molecule has 2 N–H and O–H groups in total. The third-order valence-electron chi connectivity index (χ3n) is 4.92. The molecule has 0 bridgehead atoms. The van der Waals surface area contributed by atoms with Crippen molar-refractivity contribution < 1.29 is 5.48 Å². The Bertz CT molecular complexity index is 1010. The van der Waals surface area contributed by atoms with E-state index >= 15 is 0 Å². The third kappa shape index (κ3) is 6.25. The van der Waals surface area contributed by atoms with Crippen molar-refractivity contribution in [1.29, 1.82) is 0 Å². The van der Waals surface area contributed by atoms with Gasteiger partial charge in [0.15, 0.2) is 0 Å². The lowest BCUT2D eigenvalue weighted by molar-refractivity contribution is 0.824. The molecule has 5 aromatic rings. The van der Waals surface area contributed by atoms with Crippen LogP contribution in [0, 0.1) is 0 Å². The molecule has 0 spiro atoms. The van der Waals surface area contributed by atoms with Crippen molar-refractivity contribution in [2.75, 3.05) is 0 Å². The Morgan fingerprint density at radius 1 is 0.281 bits per heavy atom. The summed E-state index contributed by atoms with van der Waals surface area (Å²) in [5, 5.41) is 4.19. The van der Waals surface area contributed by atoms with Crippen molar-refractivity contribution in [3.8, 4) is 11.1 Å². The maximum Gasteiger partial charge on any atom is -0.0134 e. The van der Waals surface area contributed by atoms with Gasteiger partial charge in [-0.25, -0.2) is 0 Å². The Labute approximate surface area is 192 Å². The summed E-state index contributed by atoms with van der Waals surface area (Å²) >= 11 is 0. The summed E-state index contributed by atoms with van der Waals surface area (Å²) in [7, 11) is -0.446. The van der Waals surface area contributed by atoms with Crippen molar-refractivity contribution in [3.05, 3.63) is 152 Å². The minimum atomic E-state index is -0.446. The van der Waals surface area contributed by atoms with Gasteiger partial charge in [0.1, 0.15) is 0 Å². The number of benzene rings is 5. The quantitative estimate of drug-likeness (QED) is 0.312. The largest absolute Gasteiger partial charge is 0.412 e. The van der Waals surface area contributed by atoms with E-state index in [1.54, 1.807) is 0 Å². The van der Waals surface area contributed by atoms with Crippen molar-refractivity contribution in [1.82, 2.24) is 0 Å². The number of hydrogen-bond acceptors (Lipinski definition) is 0. The summed E-state index contributed by atoms with van der Waals surface area (Å²) in [6, 6.07) is 53.1. The van der Waals surface area contributed by atoms with Crippen LogP contribution in [0.4, 0.5) is 0 Å². The Morgan fingerprint density at radius 2 is 0.500 bits per heavy atom. The lowest BCUT2D eigenvalue weighted by Crippen LogP contribution is -2.20. The highest BCUT2D eigenvalue weighted by Crippen LogP contribution is 2.32. The molecular formula is C30H27OP. The first-order valence-electron chi connectivity index (χ1n) is 10.5. The lowest BCUT2D eigenvalue weighted by atomic mass is 10.1. The topological polar surface area (TPSA) is 31.5 Å². The molecular weight excluding hydrogens is 407 g/mol. The fourth-order valence-electron chi connectivity index (χ4n) is 3.44. The molecule has 0 saturated heterocycles. The Kier molecular flexibility index (Phi) is 8.95. The molecule has 2 heteroatoms. The predicted molar refractivity (Wildman–Crippen MR) is 141 cm³/mol. The molecule has 0 aliphatic carbocycles. The van der Waals surface area contributed by atoms with E-state index in [1.807, 2.05) is 12.1 Å². The SMILES string of the molecule is O.c1ccc(-c2ccccc2)cc1.c1ccc(P(c2ccccc2)c2ccccc2)cc1. The first-order chi connectivity index (χ1) is 15.4. The summed E-state index contributed by atoms with van der Waals surface area (Å²) in [6.45, 7) is 0. The van der Waals surface area contributed by atoms with E-state index < -0.39 is 7.92 Å². The molecule has 32 heavy (non-hydrogen) atoms. The maximum absolute atomic E-state index is 2.23. The molecule has 0 aliphatic rings. The minimum Gasteiger partial charge on any atom is -0.412 e. The van der Waals surface area contributed by atoms with Crippen molar-refractivity contribution in [3.63, 3.8) is 0 Å².